The van der Waals surface area contributed by atoms with Crippen LogP contribution in [-0.2, 0) is 4.79 Å². The Kier molecular flexibility index (Phi) is 5.85. The molecule has 0 radical (unpaired) electrons. The monoisotopic (exact) mass is 269 g/mol. The van der Waals surface area contributed by atoms with Gasteiger partial charge in [-0.25, -0.2) is 0 Å². The van der Waals surface area contributed by atoms with E-state index in [1.54, 1.807) is 11.8 Å². The first-order valence-corrected chi connectivity index (χ1v) is 6.81. The number of benzene rings is 1. The van der Waals surface area contributed by atoms with E-state index < -0.39 is 5.97 Å². The largest absolute Gasteiger partial charge is 0.494 e. The van der Waals surface area contributed by atoms with Crippen LogP contribution in [0.2, 0.25) is 0 Å². The van der Waals surface area contributed by atoms with Crippen molar-refractivity contribution in [3.05, 3.63) is 18.2 Å². The van der Waals surface area contributed by atoms with E-state index in [2.05, 4.69) is 0 Å². The Morgan fingerprint density at radius 2 is 2.28 bits per heavy atom. The Morgan fingerprint density at radius 1 is 1.56 bits per heavy atom. The number of thioether (sulfide) groups is 1. The first kappa shape index (κ1) is 14.7. The van der Waals surface area contributed by atoms with Gasteiger partial charge in [-0.3, -0.25) is 4.79 Å². The number of nitrogen functional groups attached to an aromatic ring is 1. The van der Waals surface area contributed by atoms with Gasteiger partial charge in [0.15, 0.2) is 0 Å². The van der Waals surface area contributed by atoms with Gasteiger partial charge in [-0.2, -0.15) is 0 Å². The summed E-state index contributed by atoms with van der Waals surface area (Å²) >= 11 is 1.58. The number of carboxylic acids is 1. The molecule has 0 heterocycles. The van der Waals surface area contributed by atoms with E-state index in [0.29, 0.717) is 18.7 Å². The van der Waals surface area contributed by atoms with Gasteiger partial charge in [0.25, 0.3) is 0 Å². The van der Waals surface area contributed by atoms with Gasteiger partial charge in [-0.1, -0.05) is 6.92 Å². The molecule has 3 N–H and O–H groups in total. The summed E-state index contributed by atoms with van der Waals surface area (Å²) in [5, 5.41) is 8.85. The predicted molar refractivity (Wildman–Crippen MR) is 74.2 cm³/mol. The maximum absolute atomic E-state index is 10.5. The number of carboxylic acid groups (broad SMARTS) is 1. The Balaban J connectivity index is 2.64. The minimum absolute atomic E-state index is 0.180. The quantitative estimate of drug-likeness (QED) is 0.588. The molecule has 0 saturated carbocycles. The Labute approximate surface area is 112 Å². The van der Waals surface area contributed by atoms with Crippen molar-refractivity contribution < 1.29 is 14.6 Å². The van der Waals surface area contributed by atoms with Gasteiger partial charge >= 0.3 is 5.97 Å². The number of hydrogen-bond acceptors (Lipinski definition) is 4. The molecule has 1 rings (SSSR count). The van der Waals surface area contributed by atoms with Crippen molar-refractivity contribution in [1.29, 1.82) is 0 Å². The van der Waals surface area contributed by atoms with Crippen LogP contribution >= 0.6 is 11.8 Å². The van der Waals surface area contributed by atoms with Gasteiger partial charge in [0, 0.05) is 22.3 Å². The van der Waals surface area contributed by atoms with E-state index in [4.69, 9.17) is 15.6 Å². The van der Waals surface area contributed by atoms with E-state index in [0.717, 1.165) is 10.6 Å². The fraction of sp³-hybridized carbons (Fsp3) is 0.462. The van der Waals surface area contributed by atoms with Crippen molar-refractivity contribution in [2.24, 2.45) is 0 Å². The van der Waals surface area contributed by atoms with E-state index in [1.165, 1.54) is 0 Å². The van der Waals surface area contributed by atoms with Crippen molar-refractivity contribution in [3.8, 4) is 5.75 Å². The van der Waals surface area contributed by atoms with Crippen molar-refractivity contribution >= 4 is 23.4 Å². The molecule has 0 aromatic heterocycles. The lowest BCUT2D eigenvalue weighted by Crippen LogP contribution is -2.03. The summed E-state index contributed by atoms with van der Waals surface area (Å²) in [5.74, 6) is 0.0260. The van der Waals surface area contributed by atoms with E-state index in [9.17, 15) is 4.79 Å². The zero-order valence-corrected chi connectivity index (χ0v) is 11.5. The molecule has 0 bridgehead atoms. The highest BCUT2D eigenvalue weighted by Crippen LogP contribution is 2.33. The second kappa shape index (κ2) is 7.16. The van der Waals surface area contributed by atoms with Gasteiger partial charge in [-0.15, -0.1) is 11.8 Å². The second-order valence-corrected chi connectivity index (χ2v) is 5.47. The average molecular weight is 269 g/mol. The number of anilines is 1. The SMILES string of the molecule is CCOc1ccc(N)c(SC(C)CCC(=O)O)c1. The third-order valence-corrected chi connectivity index (χ3v) is 3.63. The Hall–Kier alpha value is -1.36. The Bertz CT molecular complexity index is 409. The lowest BCUT2D eigenvalue weighted by Gasteiger charge is -2.13. The number of hydrogen-bond donors (Lipinski definition) is 2. The van der Waals surface area contributed by atoms with Gasteiger partial charge in [-0.05, 0) is 31.5 Å². The molecule has 4 nitrogen and oxygen atoms in total. The lowest BCUT2D eigenvalue weighted by molar-refractivity contribution is -0.137. The molecule has 1 atom stereocenters. The zero-order valence-electron chi connectivity index (χ0n) is 10.7. The molecule has 18 heavy (non-hydrogen) atoms. The maximum Gasteiger partial charge on any atom is 0.303 e. The summed E-state index contributed by atoms with van der Waals surface area (Å²) in [4.78, 5) is 11.5. The molecule has 0 spiro atoms. The van der Waals surface area contributed by atoms with Gasteiger partial charge in [0.05, 0.1) is 6.61 Å². The van der Waals surface area contributed by atoms with Crippen molar-refractivity contribution in [2.75, 3.05) is 12.3 Å². The molecule has 1 aromatic rings. The van der Waals surface area contributed by atoms with Gasteiger partial charge in [0.2, 0.25) is 0 Å². The summed E-state index contributed by atoms with van der Waals surface area (Å²) in [5.41, 5.74) is 6.60. The minimum Gasteiger partial charge on any atom is -0.494 e. The number of aliphatic carboxylic acids is 1. The van der Waals surface area contributed by atoms with Crippen LogP contribution in [0.4, 0.5) is 5.69 Å². The highest BCUT2D eigenvalue weighted by atomic mass is 32.2. The molecular formula is C13H19NO3S. The van der Waals surface area contributed by atoms with Crippen LogP contribution in [0, 0.1) is 0 Å². The van der Waals surface area contributed by atoms with Crippen molar-refractivity contribution in [2.45, 2.75) is 36.8 Å². The molecule has 1 unspecified atom stereocenters. The number of carbonyl (C=O) groups is 1. The highest BCUT2D eigenvalue weighted by molar-refractivity contribution is 8.00. The molecule has 0 aliphatic heterocycles. The van der Waals surface area contributed by atoms with Crippen LogP contribution < -0.4 is 10.5 Å². The molecule has 0 amide bonds. The fourth-order valence-electron chi connectivity index (χ4n) is 1.48. The molecule has 0 fully saturated rings. The lowest BCUT2D eigenvalue weighted by atomic mass is 10.2. The van der Waals surface area contributed by atoms with Gasteiger partial charge < -0.3 is 15.6 Å². The van der Waals surface area contributed by atoms with Gasteiger partial charge in [0.1, 0.15) is 5.75 Å². The van der Waals surface area contributed by atoms with Crippen LogP contribution in [0.25, 0.3) is 0 Å². The fourth-order valence-corrected chi connectivity index (χ4v) is 2.53. The second-order valence-electron chi connectivity index (χ2n) is 3.99. The summed E-state index contributed by atoms with van der Waals surface area (Å²) in [7, 11) is 0. The normalized spacial score (nSPS) is 12.1. The molecule has 1 aromatic carbocycles. The number of nitrogens with two attached hydrogens (primary N) is 1. The molecule has 5 heteroatoms. The molecule has 0 saturated heterocycles. The zero-order chi connectivity index (χ0) is 13.5. The van der Waals surface area contributed by atoms with E-state index in [-0.39, 0.29) is 11.7 Å². The third kappa shape index (κ3) is 4.87. The van der Waals surface area contributed by atoms with Crippen LogP contribution in [-0.4, -0.2) is 22.9 Å². The summed E-state index contributed by atoms with van der Waals surface area (Å²) in [6.45, 7) is 4.54. The van der Waals surface area contributed by atoms with Crippen molar-refractivity contribution in [3.63, 3.8) is 0 Å². The molecule has 0 aliphatic carbocycles. The summed E-state index contributed by atoms with van der Waals surface area (Å²) in [6.07, 6.45) is 0.803. The van der Waals surface area contributed by atoms with Crippen LogP contribution in [0.1, 0.15) is 26.7 Å². The van der Waals surface area contributed by atoms with E-state index in [1.807, 2.05) is 32.0 Å². The molecule has 100 valence electrons. The standard InChI is InChI=1S/C13H19NO3S/c1-3-17-10-5-6-11(14)12(8-10)18-9(2)4-7-13(15)16/h5-6,8-9H,3-4,7,14H2,1-2H3,(H,15,16). The molecular weight excluding hydrogens is 250 g/mol. The first-order valence-electron chi connectivity index (χ1n) is 5.93. The van der Waals surface area contributed by atoms with Crippen molar-refractivity contribution in [1.82, 2.24) is 0 Å². The smallest absolute Gasteiger partial charge is 0.303 e. The minimum atomic E-state index is -0.765. The Morgan fingerprint density at radius 3 is 2.89 bits per heavy atom. The summed E-state index contributed by atoms with van der Waals surface area (Å²) in [6, 6.07) is 5.56. The molecule has 0 aliphatic rings. The summed E-state index contributed by atoms with van der Waals surface area (Å²) < 4.78 is 5.42. The average Bonchev–Trinajstić information content (AvgIpc) is 2.31. The van der Waals surface area contributed by atoms with E-state index >= 15 is 0 Å². The topological polar surface area (TPSA) is 72.5 Å². The highest BCUT2D eigenvalue weighted by Gasteiger charge is 2.10. The van der Waals surface area contributed by atoms with Crippen LogP contribution in [0.15, 0.2) is 23.1 Å². The number of ether oxygens (including phenoxy) is 1. The third-order valence-electron chi connectivity index (χ3n) is 2.39. The first-order chi connectivity index (χ1) is 8.52. The van der Waals surface area contributed by atoms with Crippen LogP contribution in [0.5, 0.6) is 5.75 Å². The number of rotatable bonds is 7. The predicted octanol–water partition coefficient (Wildman–Crippen LogP) is 3.01. The maximum atomic E-state index is 10.5. The van der Waals surface area contributed by atoms with Crippen LogP contribution in [0.3, 0.4) is 0 Å².